The van der Waals surface area contributed by atoms with Gasteiger partial charge < -0.3 is 0 Å². The minimum atomic E-state index is -0.461. The fraction of sp³-hybridized carbons (Fsp3) is 0.444. The van der Waals surface area contributed by atoms with E-state index in [-0.39, 0.29) is 0 Å². The summed E-state index contributed by atoms with van der Waals surface area (Å²) in [7, 11) is 0. The van der Waals surface area contributed by atoms with Crippen molar-refractivity contribution in [2.24, 2.45) is 0 Å². The highest BCUT2D eigenvalue weighted by Crippen LogP contribution is 2.02. The van der Waals surface area contributed by atoms with Crippen molar-refractivity contribution in [3.63, 3.8) is 0 Å². The fourth-order valence-corrected chi connectivity index (χ4v) is 0.999. The van der Waals surface area contributed by atoms with E-state index >= 15 is 0 Å². The van der Waals surface area contributed by atoms with Crippen LogP contribution in [0.4, 0.5) is 4.39 Å². The van der Waals surface area contributed by atoms with E-state index in [1.165, 1.54) is 0 Å². The molecule has 1 aromatic heterocycles. The van der Waals surface area contributed by atoms with E-state index in [1.54, 1.807) is 6.07 Å². The Morgan fingerprint density at radius 1 is 1.36 bits per heavy atom. The Labute approximate surface area is 66.3 Å². The summed E-state index contributed by atoms with van der Waals surface area (Å²) in [6, 6.07) is 5.49. The number of alkyl halides is 1. The van der Waals surface area contributed by atoms with Gasteiger partial charge in [-0.05, 0) is 18.6 Å². The molecule has 0 atom stereocenters. The fourth-order valence-electron chi connectivity index (χ4n) is 0.999. The van der Waals surface area contributed by atoms with Crippen molar-refractivity contribution in [2.75, 3.05) is 0 Å². The third kappa shape index (κ3) is 2.30. The van der Waals surface area contributed by atoms with Crippen LogP contribution in [0.1, 0.15) is 24.7 Å². The molecule has 0 aliphatic rings. The van der Waals surface area contributed by atoms with Crippen LogP contribution in [0.15, 0.2) is 18.2 Å². The highest BCUT2D eigenvalue weighted by Gasteiger charge is 1.94. The highest BCUT2D eigenvalue weighted by atomic mass is 19.1. The number of aryl methyl sites for hydroxylation is 1. The quantitative estimate of drug-likeness (QED) is 0.650. The van der Waals surface area contributed by atoms with Gasteiger partial charge in [-0.25, -0.2) is 4.39 Å². The summed E-state index contributed by atoms with van der Waals surface area (Å²) in [4.78, 5) is 4.11. The van der Waals surface area contributed by atoms with E-state index in [0.717, 1.165) is 18.5 Å². The van der Waals surface area contributed by atoms with E-state index in [1.807, 2.05) is 12.1 Å². The number of hydrogen-bond acceptors (Lipinski definition) is 1. The van der Waals surface area contributed by atoms with Crippen molar-refractivity contribution >= 4 is 0 Å². The van der Waals surface area contributed by atoms with Gasteiger partial charge in [-0.2, -0.15) is 0 Å². The van der Waals surface area contributed by atoms with Gasteiger partial charge in [0, 0.05) is 5.69 Å². The lowest BCUT2D eigenvalue weighted by Crippen LogP contribution is -1.92. The van der Waals surface area contributed by atoms with Crippen molar-refractivity contribution in [2.45, 2.75) is 26.4 Å². The summed E-state index contributed by atoms with van der Waals surface area (Å²) in [5.74, 6) is 0. The summed E-state index contributed by atoms with van der Waals surface area (Å²) in [5.41, 5.74) is 1.53. The largest absolute Gasteiger partial charge is 0.255 e. The molecular weight excluding hydrogens is 141 g/mol. The summed E-state index contributed by atoms with van der Waals surface area (Å²) < 4.78 is 12.1. The molecule has 0 fully saturated rings. The molecule has 60 valence electrons. The molecule has 0 amide bonds. The Morgan fingerprint density at radius 2 is 2.09 bits per heavy atom. The summed E-state index contributed by atoms with van der Waals surface area (Å²) in [5, 5.41) is 0. The van der Waals surface area contributed by atoms with Crippen molar-refractivity contribution in [3.05, 3.63) is 29.6 Å². The SMILES string of the molecule is CCCc1cccc(CF)n1. The van der Waals surface area contributed by atoms with Gasteiger partial charge in [-0.15, -0.1) is 0 Å². The molecular formula is C9H12FN. The Balaban J connectivity index is 2.74. The van der Waals surface area contributed by atoms with E-state index < -0.39 is 6.67 Å². The lowest BCUT2D eigenvalue weighted by atomic mass is 10.2. The Kier molecular flexibility index (Phi) is 3.02. The van der Waals surface area contributed by atoms with Crippen molar-refractivity contribution < 1.29 is 4.39 Å². The molecule has 0 N–H and O–H groups in total. The maximum atomic E-state index is 12.1. The molecule has 11 heavy (non-hydrogen) atoms. The van der Waals surface area contributed by atoms with Crippen LogP contribution in [0.2, 0.25) is 0 Å². The second kappa shape index (κ2) is 4.06. The molecule has 0 saturated heterocycles. The molecule has 0 bridgehead atoms. The highest BCUT2D eigenvalue weighted by molar-refractivity contribution is 5.10. The van der Waals surface area contributed by atoms with Gasteiger partial charge in [0.2, 0.25) is 0 Å². The minimum absolute atomic E-state index is 0.461. The van der Waals surface area contributed by atoms with Gasteiger partial charge in [0.1, 0.15) is 6.67 Å². The summed E-state index contributed by atoms with van der Waals surface area (Å²) in [6.07, 6.45) is 2.00. The molecule has 0 saturated carbocycles. The molecule has 0 aromatic carbocycles. The first kappa shape index (κ1) is 8.18. The smallest absolute Gasteiger partial charge is 0.131 e. The van der Waals surface area contributed by atoms with Crippen molar-refractivity contribution in [1.82, 2.24) is 4.98 Å². The first-order chi connectivity index (χ1) is 5.36. The third-order valence-electron chi connectivity index (χ3n) is 1.51. The number of aromatic nitrogens is 1. The zero-order valence-electron chi connectivity index (χ0n) is 6.68. The topological polar surface area (TPSA) is 12.9 Å². The lowest BCUT2D eigenvalue weighted by Gasteiger charge is -1.98. The third-order valence-corrected chi connectivity index (χ3v) is 1.51. The van der Waals surface area contributed by atoms with E-state index in [4.69, 9.17) is 0 Å². The predicted molar refractivity (Wildman–Crippen MR) is 43.0 cm³/mol. The van der Waals surface area contributed by atoms with Gasteiger partial charge in [-0.3, -0.25) is 4.98 Å². The molecule has 1 heterocycles. The number of nitrogens with zero attached hydrogens (tertiary/aromatic N) is 1. The van der Waals surface area contributed by atoms with Gasteiger partial charge in [0.25, 0.3) is 0 Å². The molecule has 2 heteroatoms. The number of rotatable bonds is 3. The average molecular weight is 153 g/mol. The molecule has 0 unspecified atom stereocenters. The van der Waals surface area contributed by atoms with Crippen LogP contribution >= 0.6 is 0 Å². The van der Waals surface area contributed by atoms with E-state index in [0.29, 0.717) is 5.69 Å². The lowest BCUT2D eigenvalue weighted by molar-refractivity contribution is 0.475. The van der Waals surface area contributed by atoms with E-state index in [9.17, 15) is 4.39 Å². The predicted octanol–water partition coefficient (Wildman–Crippen LogP) is 2.50. The number of halogens is 1. The van der Waals surface area contributed by atoms with Crippen molar-refractivity contribution in [3.8, 4) is 0 Å². The molecule has 1 nitrogen and oxygen atoms in total. The molecule has 1 rings (SSSR count). The first-order valence-electron chi connectivity index (χ1n) is 3.87. The molecule has 0 spiro atoms. The molecule has 0 aliphatic heterocycles. The maximum absolute atomic E-state index is 12.1. The summed E-state index contributed by atoms with van der Waals surface area (Å²) >= 11 is 0. The summed E-state index contributed by atoms with van der Waals surface area (Å²) in [6.45, 7) is 1.63. The van der Waals surface area contributed by atoms with Crippen LogP contribution < -0.4 is 0 Å². The van der Waals surface area contributed by atoms with Crippen LogP contribution in [0.25, 0.3) is 0 Å². The van der Waals surface area contributed by atoms with Crippen LogP contribution in [-0.2, 0) is 13.1 Å². The number of pyridine rings is 1. The zero-order valence-corrected chi connectivity index (χ0v) is 6.68. The van der Waals surface area contributed by atoms with Gasteiger partial charge in [0.05, 0.1) is 5.69 Å². The van der Waals surface area contributed by atoms with Crippen LogP contribution in [-0.4, -0.2) is 4.98 Å². The van der Waals surface area contributed by atoms with E-state index in [2.05, 4.69) is 11.9 Å². The second-order valence-corrected chi connectivity index (χ2v) is 2.50. The average Bonchev–Trinajstić information content (AvgIpc) is 2.06. The monoisotopic (exact) mass is 153 g/mol. The van der Waals surface area contributed by atoms with Crippen LogP contribution in [0.5, 0.6) is 0 Å². The number of hydrogen-bond donors (Lipinski definition) is 0. The zero-order chi connectivity index (χ0) is 8.10. The van der Waals surface area contributed by atoms with Gasteiger partial charge in [0.15, 0.2) is 0 Å². The minimum Gasteiger partial charge on any atom is -0.255 e. The first-order valence-corrected chi connectivity index (χ1v) is 3.87. The van der Waals surface area contributed by atoms with Gasteiger partial charge >= 0.3 is 0 Å². The Bertz CT molecular complexity index is 223. The van der Waals surface area contributed by atoms with Gasteiger partial charge in [-0.1, -0.05) is 19.4 Å². The molecule has 1 aromatic rings. The normalized spacial score (nSPS) is 10.0. The Morgan fingerprint density at radius 3 is 2.73 bits per heavy atom. The second-order valence-electron chi connectivity index (χ2n) is 2.50. The van der Waals surface area contributed by atoms with Crippen LogP contribution in [0.3, 0.4) is 0 Å². The maximum Gasteiger partial charge on any atom is 0.131 e. The standard InChI is InChI=1S/C9H12FN/c1-2-4-8-5-3-6-9(7-10)11-8/h3,5-6H,2,4,7H2,1H3. The van der Waals surface area contributed by atoms with Crippen LogP contribution in [0, 0.1) is 0 Å². The molecule has 0 radical (unpaired) electrons. The van der Waals surface area contributed by atoms with Crippen molar-refractivity contribution in [1.29, 1.82) is 0 Å². The molecule has 0 aliphatic carbocycles. The Hall–Kier alpha value is -0.920.